The molecule has 156 valence electrons. The second-order valence-corrected chi connectivity index (χ2v) is 6.74. The molecule has 0 amide bonds. The third kappa shape index (κ3) is 3.83. The minimum Gasteiger partial charge on any atom is -0.486 e. The minimum absolute atomic E-state index is 0.153. The van der Waals surface area contributed by atoms with Gasteiger partial charge in [-0.05, 0) is 42.7 Å². The van der Waals surface area contributed by atoms with Crippen LogP contribution in [-0.2, 0) is 16.0 Å². The van der Waals surface area contributed by atoms with Crippen LogP contribution in [0, 0.1) is 0 Å². The van der Waals surface area contributed by atoms with Crippen LogP contribution >= 0.6 is 0 Å². The summed E-state index contributed by atoms with van der Waals surface area (Å²) in [6.45, 7) is 4.75. The summed E-state index contributed by atoms with van der Waals surface area (Å²) >= 11 is 0. The Morgan fingerprint density at radius 2 is 1.87 bits per heavy atom. The largest absolute Gasteiger partial charge is 0.486 e. The zero-order valence-electron chi connectivity index (χ0n) is 16.9. The van der Waals surface area contributed by atoms with Gasteiger partial charge in [-0.25, -0.2) is 4.79 Å². The molecule has 7 heteroatoms. The van der Waals surface area contributed by atoms with E-state index in [0.717, 1.165) is 5.56 Å². The van der Waals surface area contributed by atoms with E-state index in [1.54, 1.807) is 31.2 Å². The van der Waals surface area contributed by atoms with Crippen molar-refractivity contribution in [3.05, 3.63) is 52.4 Å². The lowest BCUT2D eigenvalue weighted by atomic mass is 10.0. The van der Waals surface area contributed by atoms with Gasteiger partial charge >= 0.3 is 5.97 Å². The number of esters is 1. The van der Waals surface area contributed by atoms with Crippen LogP contribution in [0.15, 0.2) is 45.8 Å². The Morgan fingerprint density at radius 1 is 1.07 bits per heavy atom. The highest BCUT2D eigenvalue weighted by molar-refractivity contribution is 5.84. The van der Waals surface area contributed by atoms with Crippen LogP contribution in [0.2, 0.25) is 0 Å². The first-order valence-electron chi connectivity index (χ1n) is 9.87. The predicted molar refractivity (Wildman–Crippen MR) is 110 cm³/mol. The summed E-state index contributed by atoms with van der Waals surface area (Å²) in [6.07, 6.45) is 2.05. The molecule has 3 aromatic rings. The molecule has 0 atom stereocenters. The van der Waals surface area contributed by atoms with Crippen LogP contribution in [0.25, 0.3) is 22.1 Å². The van der Waals surface area contributed by atoms with Crippen molar-refractivity contribution in [2.45, 2.75) is 20.3 Å². The summed E-state index contributed by atoms with van der Waals surface area (Å²) in [7, 11) is 0. The molecule has 0 aliphatic carbocycles. The molecule has 0 bridgehead atoms. The number of fused-ring (bicyclic) bond motifs is 2. The van der Waals surface area contributed by atoms with Crippen molar-refractivity contribution >= 4 is 16.9 Å². The second kappa shape index (κ2) is 8.49. The fraction of sp³-hybridized carbons (Fsp3) is 0.304. The highest BCUT2D eigenvalue weighted by Gasteiger charge is 2.17. The first-order valence-corrected chi connectivity index (χ1v) is 9.87. The Balaban J connectivity index is 1.71. The minimum atomic E-state index is -0.449. The van der Waals surface area contributed by atoms with E-state index >= 15 is 0 Å². The molecular weight excluding hydrogens is 388 g/mol. The molecule has 0 N–H and O–H groups in total. The fourth-order valence-electron chi connectivity index (χ4n) is 3.36. The molecular formula is C23H22O7. The van der Waals surface area contributed by atoms with Crippen molar-refractivity contribution < 1.29 is 28.2 Å². The van der Waals surface area contributed by atoms with Gasteiger partial charge in [-0.3, -0.25) is 4.79 Å². The maximum Gasteiger partial charge on any atom is 0.344 e. The second-order valence-electron chi connectivity index (χ2n) is 6.74. The first kappa shape index (κ1) is 19.8. The maximum atomic E-state index is 13.2. The van der Waals surface area contributed by atoms with Crippen molar-refractivity contribution in [1.29, 1.82) is 0 Å². The van der Waals surface area contributed by atoms with E-state index in [4.69, 9.17) is 23.4 Å². The molecule has 0 spiro atoms. The highest BCUT2D eigenvalue weighted by Crippen LogP contribution is 2.34. The SMILES string of the molecule is CCOC(=O)COc1cc2occ(-c3ccc4c(c3)OCCO4)c(=O)c2cc1CC. The van der Waals surface area contributed by atoms with Gasteiger partial charge in [0.05, 0.1) is 17.6 Å². The van der Waals surface area contributed by atoms with E-state index in [1.807, 2.05) is 13.0 Å². The van der Waals surface area contributed by atoms with Gasteiger partial charge in [-0.15, -0.1) is 0 Å². The van der Waals surface area contributed by atoms with Crippen molar-refractivity contribution in [2.24, 2.45) is 0 Å². The third-order valence-corrected chi connectivity index (χ3v) is 4.84. The fourth-order valence-corrected chi connectivity index (χ4v) is 3.36. The number of hydrogen-bond donors (Lipinski definition) is 0. The van der Waals surface area contributed by atoms with Gasteiger partial charge < -0.3 is 23.4 Å². The van der Waals surface area contributed by atoms with Gasteiger partial charge in [-0.1, -0.05) is 13.0 Å². The van der Waals surface area contributed by atoms with E-state index in [0.29, 0.717) is 59.0 Å². The molecule has 1 aliphatic heterocycles. The molecule has 0 unspecified atom stereocenters. The van der Waals surface area contributed by atoms with Crippen LogP contribution in [0.5, 0.6) is 17.2 Å². The van der Waals surface area contributed by atoms with Crippen molar-refractivity contribution in [2.75, 3.05) is 26.4 Å². The molecule has 1 aliphatic rings. The standard InChI is InChI=1S/C23H22O7/c1-3-14-9-16-20(11-19(14)30-13-22(24)26-4-2)29-12-17(23(16)25)15-5-6-18-21(10-15)28-8-7-27-18/h5-6,9-12H,3-4,7-8,13H2,1-2H3. The lowest BCUT2D eigenvalue weighted by molar-refractivity contribution is -0.145. The molecule has 0 saturated heterocycles. The molecule has 2 aromatic carbocycles. The lowest BCUT2D eigenvalue weighted by Crippen LogP contribution is -2.16. The molecule has 30 heavy (non-hydrogen) atoms. The number of carbonyl (C=O) groups is 1. The Bertz CT molecular complexity index is 1150. The Hall–Kier alpha value is -3.48. The summed E-state index contributed by atoms with van der Waals surface area (Å²) in [5.41, 5.74) is 2.16. The highest BCUT2D eigenvalue weighted by atomic mass is 16.6. The monoisotopic (exact) mass is 410 g/mol. The molecule has 1 aromatic heterocycles. The number of ether oxygens (including phenoxy) is 4. The topological polar surface area (TPSA) is 84.2 Å². The molecule has 0 fully saturated rings. The maximum absolute atomic E-state index is 13.2. The molecule has 4 rings (SSSR count). The van der Waals surface area contributed by atoms with Gasteiger partial charge in [0.2, 0.25) is 5.43 Å². The summed E-state index contributed by atoms with van der Waals surface area (Å²) in [5.74, 6) is 1.31. The van der Waals surface area contributed by atoms with Crippen molar-refractivity contribution in [3.8, 4) is 28.4 Å². The Morgan fingerprint density at radius 3 is 2.63 bits per heavy atom. The van der Waals surface area contributed by atoms with Crippen molar-refractivity contribution in [1.82, 2.24) is 0 Å². The van der Waals surface area contributed by atoms with Crippen LogP contribution in [0.4, 0.5) is 0 Å². The smallest absolute Gasteiger partial charge is 0.344 e. The predicted octanol–water partition coefficient (Wildman–Crippen LogP) is 3.74. The van der Waals surface area contributed by atoms with Gasteiger partial charge in [0, 0.05) is 6.07 Å². The van der Waals surface area contributed by atoms with Gasteiger partial charge in [0.1, 0.15) is 30.8 Å². The normalized spacial score (nSPS) is 12.6. The number of benzene rings is 2. The zero-order valence-corrected chi connectivity index (χ0v) is 16.9. The average molecular weight is 410 g/mol. The van der Waals surface area contributed by atoms with Gasteiger partial charge in [0.15, 0.2) is 18.1 Å². The summed E-state index contributed by atoms with van der Waals surface area (Å²) < 4.78 is 27.4. The summed E-state index contributed by atoms with van der Waals surface area (Å²) in [5, 5.41) is 0.447. The number of carbonyl (C=O) groups excluding carboxylic acids is 1. The molecule has 7 nitrogen and oxygen atoms in total. The van der Waals surface area contributed by atoms with E-state index in [1.165, 1.54) is 6.26 Å². The van der Waals surface area contributed by atoms with Crippen LogP contribution in [0.1, 0.15) is 19.4 Å². The van der Waals surface area contributed by atoms with Gasteiger partial charge in [0.25, 0.3) is 0 Å². The van der Waals surface area contributed by atoms with Crippen molar-refractivity contribution in [3.63, 3.8) is 0 Å². The quantitative estimate of drug-likeness (QED) is 0.573. The molecule has 0 radical (unpaired) electrons. The first-order chi connectivity index (χ1) is 14.6. The van der Waals surface area contributed by atoms with E-state index in [2.05, 4.69) is 0 Å². The van der Waals surface area contributed by atoms with E-state index in [-0.39, 0.29) is 18.6 Å². The number of aryl methyl sites for hydroxylation is 1. The molecule has 0 saturated carbocycles. The summed E-state index contributed by atoms with van der Waals surface area (Å²) in [6, 6.07) is 8.77. The summed E-state index contributed by atoms with van der Waals surface area (Å²) in [4.78, 5) is 24.8. The third-order valence-electron chi connectivity index (χ3n) is 4.84. The number of rotatable bonds is 6. The van der Waals surface area contributed by atoms with Gasteiger partial charge in [-0.2, -0.15) is 0 Å². The molecule has 2 heterocycles. The van der Waals surface area contributed by atoms with E-state index in [9.17, 15) is 9.59 Å². The van der Waals surface area contributed by atoms with Crippen LogP contribution < -0.4 is 19.6 Å². The Labute approximate surface area is 173 Å². The Kier molecular flexibility index (Phi) is 5.61. The number of hydrogen-bond acceptors (Lipinski definition) is 7. The zero-order chi connectivity index (χ0) is 21.1. The van der Waals surface area contributed by atoms with Crippen LogP contribution in [0.3, 0.4) is 0 Å². The average Bonchev–Trinajstić information content (AvgIpc) is 2.77. The lowest BCUT2D eigenvalue weighted by Gasteiger charge is -2.18. The van der Waals surface area contributed by atoms with E-state index < -0.39 is 5.97 Å². The van der Waals surface area contributed by atoms with Crippen LogP contribution in [-0.4, -0.2) is 32.4 Å².